The van der Waals surface area contributed by atoms with Crippen molar-refractivity contribution in [1.82, 2.24) is 0 Å². The van der Waals surface area contributed by atoms with Crippen LogP contribution >= 0.6 is 0 Å². The lowest BCUT2D eigenvalue weighted by molar-refractivity contribution is -0.135. The van der Waals surface area contributed by atoms with Gasteiger partial charge in [-0.25, -0.2) is 4.79 Å². The van der Waals surface area contributed by atoms with Crippen LogP contribution in [0.4, 0.5) is 0 Å². The van der Waals surface area contributed by atoms with E-state index in [1.54, 1.807) is 18.2 Å². The summed E-state index contributed by atoms with van der Waals surface area (Å²) in [6, 6.07) is 14.8. The summed E-state index contributed by atoms with van der Waals surface area (Å²) in [5, 5.41) is 8.85. The largest absolute Gasteiger partial charge is 0.465 e. The molecule has 0 fully saturated rings. The number of hydrogen-bond acceptors (Lipinski definition) is 4. The van der Waals surface area contributed by atoms with E-state index in [0.717, 1.165) is 5.56 Å². The molecule has 0 saturated carbocycles. The molecule has 0 aliphatic rings. The Morgan fingerprint density at radius 1 is 1.26 bits per heavy atom. The minimum Gasteiger partial charge on any atom is -0.465 e. The molecule has 0 aliphatic carbocycles. The van der Waals surface area contributed by atoms with Crippen molar-refractivity contribution in [2.45, 2.75) is 0 Å². The molecule has 4 nitrogen and oxygen atoms in total. The fraction of sp³-hybridized carbons (Fsp3) is 0.0667. The second-order valence-corrected chi connectivity index (χ2v) is 3.73. The number of methoxy groups -OCH3 is 1. The predicted molar refractivity (Wildman–Crippen MR) is 69.8 cm³/mol. The van der Waals surface area contributed by atoms with Gasteiger partial charge < -0.3 is 9.15 Å². The van der Waals surface area contributed by atoms with Gasteiger partial charge in [-0.1, -0.05) is 30.3 Å². The minimum absolute atomic E-state index is 0.100. The second kappa shape index (κ2) is 5.69. The smallest absolute Gasteiger partial charge is 0.348 e. The first-order chi connectivity index (χ1) is 9.24. The highest BCUT2D eigenvalue weighted by atomic mass is 16.5. The van der Waals surface area contributed by atoms with Crippen molar-refractivity contribution in [2.24, 2.45) is 0 Å². The van der Waals surface area contributed by atoms with Gasteiger partial charge in [0.1, 0.15) is 23.2 Å². The molecule has 94 valence electrons. The average Bonchev–Trinajstić information content (AvgIpc) is 2.93. The van der Waals surface area contributed by atoms with E-state index in [4.69, 9.17) is 9.68 Å². The predicted octanol–water partition coefficient (Wildman–Crippen LogP) is 3.03. The number of nitrogens with zero attached hydrogens (tertiary/aromatic N) is 1. The molecule has 0 spiro atoms. The molecule has 0 radical (unpaired) electrons. The van der Waals surface area contributed by atoms with Gasteiger partial charge in [0.15, 0.2) is 0 Å². The van der Waals surface area contributed by atoms with Gasteiger partial charge in [-0.2, -0.15) is 5.26 Å². The summed E-state index contributed by atoms with van der Waals surface area (Å²) in [4.78, 5) is 11.3. The number of carbonyl (C=O) groups excluding carboxylic acids is 1. The first-order valence-electron chi connectivity index (χ1n) is 5.60. The van der Waals surface area contributed by atoms with Gasteiger partial charge in [-0.3, -0.25) is 0 Å². The molecule has 0 amide bonds. The monoisotopic (exact) mass is 253 g/mol. The normalized spacial score (nSPS) is 10.8. The maximum Gasteiger partial charge on any atom is 0.348 e. The van der Waals surface area contributed by atoms with Gasteiger partial charge in [0.2, 0.25) is 0 Å². The van der Waals surface area contributed by atoms with Gasteiger partial charge in [-0.15, -0.1) is 0 Å². The fourth-order valence-electron chi connectivity index (χ4n) is 1.58. The van der Waals surface area contributed by atoms with Crippen LogP contribution < -0.4 is 0 Å². The summed E-state index contributed by atoms with van der Waals surface area (Å²) in [7, 11) is 1.23. The summed E-state index contributed by atoms with van der Waals surface area (Å²) in [6.45, 7) is 0. The highest BCUT2D eigenvalue weighted by Gasteiger charge is 2.10. The number of benzene rings is 1. The zero-order valence-electron chi connectivity index (χ0n) is 10.3. The molecule has 1 aromatic heterocycles. The molecule has 0 aliphatic heterocycles. The average molecular weight is 253 g/mol. The van der Waals surface area contributed by atoms with Gasteiger partial charge in [-0.05, 0) is 12.1 Å². The lowest BCUT2D eigenvalue weighted by Crippen LogP contribution is -2.02. The first-order valence-corrected chi connectivity index (χ1v) is 5.60. The molecule has 2 aromatic rings. The molecule has 0 saturated heterocycles. The Morgan fingerprint density at radius 2 is 2.00 bits per heavy atom. The molecule has 19 heavy (non-hydrogen) atoms. The van der Waals surface area contributed by atoms with E-state index >= 15 is 0 Å². The van der Waals surface area contributed by atoms with Gasteiger partial charge in [0, 0.05) is 11.6 Å². The third kappa shape index (κ3) is 2.90. The van der Waals surface area contributed by atoms with E-state index in [2.05, 4.69) is 4.74 Å². The summed E-state index contributed by atoms with van der Waals surface area (Å²) in [5.41, 5.74) is 0.829. The Hall–Kier alpha value is -2.80. The first kappa shape index (κ1) is 12.7. The molecule has 0 bridgehead atoms. The summed E-state index contributed by atoms with van der Waals surface area (Å²) >= 11 is 0. The lowest BCUT2D eigenvalue weighted by atomic mass is 10.2. The lowest BCUT2D eigenvalue weighted by Gasteiger charge is -1.96. The number of furan rings is 1. The van der Waals surface area contributed by atoms with Crippen LogP contribution in [0.25, 0.3) is 17.4 Å². The summed E-state index contributed by atoms with van der Waals surface area (Å²) in [5.74, 6) is 0.426. The molecule has 2 rings (SSSR count). The van der Waals surface area contributed by atoms with E-state index < -0.39 is 5.97 Å². The number of carbonyl (C=O) groups is 1. The van der Waals surface area contributed by atoms with Crippen molar-refractivity contribution in [1.29, 1.82) is 5.26 Å². The third-order valence-electron chi connectivity index (χ3n) is 2.50. The minimum atomic E-state index is -0.680. The fourth-order valence-corrected chi connectivity index (χ4v) is 1.58. The molecule has 4 heteroatoms. The van der Waals surface area contributed by atoms with Crippen LogP contribution in [-0.4, -0.2) is 13.1 Å². The van der Waals surface area contributed by atoms with Crippen LogP contribution in [-0.2, 0) is 9.53 Å². The van der Waals surface area contributed by atoms with E-state index in [1.807, 2.05) is 30.3 Å². The van der Waals surface area contributed by atoms with E-state index in [1.165, 1.54) is 13.2 Å². The maximum atomic E-state index is 11.3. The van der Waals surface area contributed by atoms with Crippen molar-refractivity contribution < 1.29 is 13.9 Å². The molecule has 0 N–H and O–H groups in total. The molecule has 0 atom stereocenters. The van der Waals surface area contributed by atoms with Crippen LogP contribution in [0.15, 0.2) is 52.5 Å². The number of esters is 1. The number of hydrogen-bond donors (Lipinski definition) is 0. The third-order valence-corrected chi connectivity index (χ3v) is 2.50. The van der Waals surface area contributed by atoms with Crippen LogP contribution in [0, 0.1) is 11.3 Å². The van der Waals surface area contributed by atoms with E-state index in [9.17, 15) is 4.79 Å². The summed E-state index contributed by atoms with van der Waals surface area (Å²) < 4.78 is 10.1. The van der Waals surface area contributed by atoms with Crippen molar-refractivity contribution in [3.63, 3.8) is 0 Å². The number of ether oxygens (including phenoxy) is 1. The molecule has 0 unspecified atom stereocenters. The van der Waals surface area contributed by atoms with Gasteiger partial charge in [0.05, 0.1) is 7.11 Å². The van der Waals surface area contributed by atoms with Crippen LogP contribution in [0.3, 0.4) is 0 Å². The van der Waals surface area contributed by atoms with Gasteiger partial charge >= 0.3 is 5.97 Å². The Morgan fingerprint density at radius 3 is 2.63 bits per heavy atom. The van der Waals surface area contributed by atoms with Crippen LogP contribution in [0.2, 0.25) is 0 Å². The van der Waals surface area contributed by atoms with Crippen molar-refractivity contribution in [3.8, 4) is 17.4 Å². The Kier molecular flexibility index (Phi) is 3.79. The number of rotatable bonds is 3. The van der Waals surface area contributed by atoms with E-state index in [-0.39, 0.29) is 5.57 Å². The van der Waals surface area contributed by atoms with Crippen molar-refractivity contribution in [2.75, 3.05) is 7.11 Å². The Balaban J connectivity index is 2.30. The van der Waals surface area contributed by atoms with Crippen LogP contribution in [0.5, 0.6) is 0 Å². The van der Waals surface area contributed by atoms with Crippen molar-refractivity contribution >= 4 is 12.0 Å². The zero-order chi connectivity index (χ0) is 13.7. The highest BCUT2D eigenvalue weighted by Crippen LogP contribution is 2.23. The zero-order valence-corrected chi connectivity index (χ0v) is 10.3. The van der Waals surface area contributed by atoms with Gasteiger partial charge in [0.25, 0.3) is 0 Å². The molecule has 1 heterocycles. The Bertz CT molecular complexity index is 648. The topological polar surface area (TPSA) is 63.2 Å². The maximum absolute atomic E-state index is 11.3. The Labute approximate surface area is 110 Å². The van der Waals surface area contributed by atoms with Crippen molar-refractivity contribution in [3.05, 3.63) is 53.8 Å². The highest BCUT2D eigenvalue weighted by molar-refractivity contribution is 5.97. The molecular weight excluding hydrogens is 242 g/mol. The SMILES string of the molecule is COC(=O)/C(C#N)=C/c1ccc(-c2ccccc2)o1. The summed E-state index contributed by atoms with van der Waals surface area (Å²) in [6.07, 6.45) is 1.36. The van der Waals surface area contributed by atoms with Crippen LogP contribution in [0.1, 0.15) is 5.76 Å². The quantitative estimate of drug-likeness (QED) is 0.479. The van der Waals surface area contributed by atoms with E-state index in [0.29, 0.717) is 11.5 Å². The second-order valence-electron chi connectivity index (χ2n) is 3.73. The molecule has 1 aromatic carbocycles. The standard InChI is InChI=1S/C15H11NO3/c1-18-15(17)12(10-16)9-13-7-8-14(19-13)11-5-3-2-4-6-11/h2-9H,1H3/b12-9+. The number of nitriles is 1. The molecular formula is C15H11NO3.